The highest BCUT2D eigenvalue weighted by atomic mass is 32.2. The quantitative estimate of drug-likeness (QED) is 0.652. The van der Waals surface area contributed by atoms with Gasteiger partial charge in [-0.1, -0.05) is 36.4 Å². The molecular weight excluding hydrogens is 390 g/mol. The number of nitrogens with one attached hydrogen (secondary N) is 2. The minimum Gasteiger partial charge on any atom is -0.326 e. The van der Waals surface area contributed by atoms with Gasteiger partial charge in [-0.25, -0.2) is 8.42 Å². The number of rotatable bonds is 6. The van der Waals surface area contributed by atoms with Crippen molar-refractivity contribution in [1.29, 1.82) is 0 Å². The number of likely N-dealkylation sites (N-methyl/N-ethyl adjacent to an activating group) is 1. The number of carbonyl (C=O) groups is 2. The van der Waals surface area contributed by atoms with Gasteiger partial charge in [-0.15, -0.1) is 0 Å². The van der Waals surface area contributed by atoms with Crippen LogP contribution < -0.4 is 10.6 Å². The summed E-state index contributed by atoms with van der Waals surface area (Å²) < 4.78 is 26.7. The van der Waals surface area contributed by atoms with Crippen molar-refractivity contribution in [2.24, 2.45) is 0 Å². The van der Waals surface area contributed by atoms with Crippen LogP contribution in [0.2, 0.25) is 0 Å². The summed E-state index contributed by atoms with van der Waals surface area (Å²) in [6.45, 7) is 1.04. The van der Waals surface area contributed by atoms with E-state index in [4.69, 9.17) is 0 Å². The predicted octanol–water partition coefficient (Wildman–Crippen LogP) is 3.06. The lowest BCUT2D eigenvalue weighted by Gasteiger charge is -2.17. The molecule has 7 nitrogen and oxygen atoms in total. The molecule has 3 rings (SSSR count). The van der Waals surface area contributed by atoms with Gasteiger partial charge in [0.05, 0.1) is 11.4 Å². The zero-order valence-corrected chi connectivity index (χ0v) is 16.9. The average Bonchev–Trinajstić information content (AvgIpc) is 2.67. The third kappa shape index (κ3) is 4.98. The summed E-state index contributed by atoms with van der Waals surface area (Å²) in [5, 5.41) is 7.01. The zero-order chi connectivity index (χ0) is 21.0. The number of benzene rings is 3. The van der Waals surface area contributed by atoms with Crippen molar-refractivity contribution in [3.8, 4) is 0 Å². The first-order valence-electron chi connectivity index (χ1n) is 8.88. The molecule has 3 aromatic rings. The van der Waals surface area contributed by atoms with E-state index in [0.717, 1.165) is 15.1 Å². The number of anilines is 2. The number of fused-ring (bicyclic) bond motifs is 1. The van der Waals surface area contributed by atoms with E-state index in [1.165, 1.54) is 20.0 Å². The molecule has 150 valence electrons. The summed E-state index contributed by atoms with van der Waals surface area (Å²) in [5.41, 5.74) is 0.991. The van der Waals surface area contributed by atoms with E-state index in [2.05, 4.69) is 10.6 Å². The van der Waals surface area contributed by atoms with Crippen LogP contribution in [0.4, 0.5) is 11.4 Å². The van der Waals surface area contributed by atoms with Crippen molar-refractivity contribution in [3.63, 3.8) is 0 Å². The number of carbonyl (C=O) groups excluding carboxylic acids is 2. The number of hydrogen-bond donors (Lipinski definition) is 2. The second-order valence-electron chi connectivity index (χ2n) is 6.58. The van der Waals surface area contributed by atoms with Gasteiger partial charge in [0, 0.05) is 25.3 Å². The summed E-state index contributed by atoms with van der Waals surface area (Å²) >= 11 is 0. The van der Waals surface area contributed by atoms with Gasteiger partial charge in [0.25, 0.3) is 0 Å². The predicted molar refractivity (Wildman–Crippen MR) is 113 cm³/mol. The van der Waals surface area contributed by atoms with Gasteiger partial charge >= 0.3 is 0 Å². The maximum absolute atomic E-state index is 12.8. The lowest BCUT2D eigenvalue weighted by molar-refractivity contribution is -0.116. The summed E-state index contributed by atoms with van der Waals surface area (Å²) in [6, 6.07) is 18.9. The maximum Gasteiger partial charge on any atom is 0.243 e. The fourth-order valence-electron chi connectivity index (χ4n) is 2.87. The Balaban J connectivity index is 1.71. The van der Waals surface area contributed by atoms with E-state index >= 15 is 0 Å². The van der Waals surface area contributed by atoms with E-state index in [-0.39, 0.29) is 17.3 Å². The Bertz CT molecular complexity index is 1180. The van der Waals surface area contributed by atoms with Crippen LogP contribution in [0, 0.1) is 0 Å². The first-order valence-corrected chi connectivity index (χ1v) is 10.3. The van der Waals surface area contributed by atoms with Crippen molar-refractivity contribution < 1.29 is 18.0 Å². The minimum atomic E-state index is -3.83. The molecule has 0 aliphatic carbocycles. The highest BCUT2D eigenvalue weighted by molar-refractivity contribution is 7.89. The van der Waals surface area contributed by atoms with E-state index in [1.54, 1.807) is 36.4 Å². The van der Waals surface area contributed by atoms with Crippen molar-refractivity contribution in [1.82, 2.24) is 4.31 Å². The van der Waals surface area contributed by atoms with Crippen LogP contribution in [-0.2, 0) is 19.6 Å². The standard InChI is InChI=1S/C21H21N3O4S/c1-15(25)22-18-8-5-9-19(13-18)23-21(26)14-24(2)29(27,28)20-11-10-16-6-3-4-7-17(16)12-20/h3-13H,14H2,1-2H3,(H,22,25)(H,23,26). The molecule has 0 aliphatic rings. The lowest BCUT2D eigenvalue weighted by atomic mass is 10.1. The van der Waals surface area contributed by atoms with Crippen LogP contribution >= 0.6 is 0 Å². The molecule has 2 N–H and O–H groups in total. The topological polar surface area (TPSA) is 95.6 Å². The molecule has 8 heteroatoms. The first-order chi connectivity index (χ1) is 13.8. The van der Waals surface area contributed by atoms with Gasteiger partial charge in [0.2, 0.25) is 21.8 Å². The molecule has 0 saturated carbocycles. The average molecular weight is 411 g/mol. The van der Waals surface area contributed by atoms with Crippen molar-refractivity contribution in [2.75, 3.05) is 24.2 Å². The third-order valence-electron chi connectivity index (χ3n) is 4.26. The molecule has 0 bridgehead atoms. The van der Waals surface area contributed by atoms with Crippen LogP contribution in [-0.4, -0.2) is 38.1 Å². The lowest BCUT2D eigenvalue weighted by Crippen LogP contribution is -2.35. The van der Waals surface area contributed by atoms with Gasteiger partial charge in [0.1, 0.15) is 0 Å². The molecule has 3 aromatic carbocycles. The third-order valence-corrected chi connectivity index (χ3v) is 6.06. The fourth-order valence-corrected chi connectivity index (χ4v) is 4.04. The van der Waals surface area contributed by atoms with Crippen LogP contribution in [0.5, 0.6) is 0 Å². The van der Waals surface area contributed by atoms with E-state index in [9.17, 15) is 18.0 Å². The highest BCUT2D eigenvalue weighted by Gasteiger charge is 2.23. The smallest absolute Gasteiger partial charge is 0.243 e. The Hall–Kier alpha value is -3.23. The number of amides is 2. The monoisotopic (exact) mass is 411 g/mol. The van der Waals surface area contributed by atoms with E-state index in [1.807, 2.05) is 24.3 Å². The molecule has 0 spiro atoms. The maximum atomic E-state index is 12.8. The Morgan fingerprint density at radius 3 is 2.21 bits per heavy atom. The molecule has 0 saturated heterocycles. The number of hydrogen-bond acceptors (Lipinski definition) is 4. The van der Waals surface area contributed by atoms with Gasteiger partial charge in [-0.3, -0.25) is 9.59 Å². The second-order valence-corrected chi connectivity index (χ2v) is 8.63. The summed E-state index contributed by atoms with van der Waals surface area (Å²) in [4.78, 5) is 23.6. The van der Waals surface area contributed by atoms with Crippen molar-refractivity contribution >= 4 is 44.0 Å². The Labute approximate surface area is 169 Å². The molecule has 2 amide bonds. The van der Waals surface area contributed by atoms with Gasteiger partial charge in [0.15, 0.2) is 0 Å². The number of sulfonamides is 1. The van der Waals surface area contributed by atoms with Crippen LogP contribution in [0.25, 0.3) is 10.8 Å². The fraction of sp³-hybridized carbons (Fsp3) is 0.143. The van der Waals surface area contributed by atoms with Gasteiger partial charge < -0.3 is 10.6 Å². The normalized spacial score (nSPS) is 11.4. The zero-order valence-electron chi connectivity index (χ0n) is 16.0. The van der Waals surface area contributed by atoms with Crippen LogP contribution in [0.3, 0.4) is 0 Å². The minimum absolute atomic E-state index is 0.124. The largest absolute Gasteiger partial charge is 0.326 e. The molecular formula is C21H21N3O4S. The Morgan fingerprint density at radius 1 is 0.862 bits per heavy atom. The second kappa shape index (κ2) is 8.42. The van der Waals surface area contributed by atoms with Crippen molar-refractivity contribution in [3.05, 3.63) is 66.7 Å². The highest BCUT2D eigenvalue weighted by Crippen LogP contribution is 2.21. The Morgan fingerprint density at radius 2 is 1.52 bits per heavy atom. The first kappa shape index (κ1) is 20.5. The molecule has 0 radical (unpaired) electrons. The molecule has 0 heterocycles. The van der Waals surface area contributed by atoms with Crippen molar-refractivity contribution in [2.45, 2.75) is 11.8 Å². The summed E-state index contributed by atoms with van der Waals surface area (Å²) in [6.07, 6.45) is 0. The van der Waals surface area contributed by atoms with E-state index < -0.39 is 15.9 Å². The molecule has 0 unspecified atom stereocenters. The van der Waals surface area contributed by atoms with Crippen LogP contribution in [0.15, 0.2) is 71.6 Å². The molecule has 0 fully saturated rings. The number of nitrogens with zero attached hydrogens (tertiary/aromatic N) is 1. The molecule has 0 aliphatic heterocycles. The molecule has 0 aromatic heterocycles. The summed E-state index contributed by atoms with van der Waals surface area (Å²) in [7, 11) is -2.47. The summed E-state index contributed by atoms with van der Waals surface area (Å²) in [5.74, 6) is -0.716. The van der Waals surface area contributed by atoms with Crippen LogP contribution in [0.1, 0.15) is 6.92 Å². The van der Waals surface area contributed by atoms with Gasteiger partial charge in [-0.2, -0.15) is 4.31 Å². The Kier molecular flexibility index (Phi) is 5.95. The molecule has 0 atom stereocenters. The SMILES string of the molecule is CC(=O)Nc1cccc(NC(=O)CN(C)S(=O)(=O)c2ccc3ccccc3c2)c1. The van der Waals surface area contributed by atoms with Gasteiger partial charge in [-0.05, 0) is 41.1 Å². The molecule has 29 heavy (non-hydrogen) atoms. The van der Waals surface area contributed by atoms with E-state index in [0.29, 0.717) is 11.4 Å².